The Labute approximate surface area is 108 Å². The topological polar surface area (TPSA) is 69.6 Å². The second kappa shape index (κ2) is 6.17. The fourth-order valence-electron chi connectivity index (χ4n) is 1.52. The number of phenolic OH excluding ortho intramolecular Hbond substituents is 1. The predicted molar refractivity (Wildman–Crippen MR) is 71.1 cm³/mol. The Bertz CT molecular complexity index is 486. The fourth-order valence-corrected chi connectivity index (χ4v) is 2.90. The molecular formula is C12H20N2O3S. The van der Waals surface area contributed by atoms with Gasteiger partial charge in [-0.05, 0) is 46.1 Å². The Balaban J connectivity index is 2.74. The molecule has 2 N–H and O–H groups in total. The van der Waals surface area contributed by atoms with Crippen LogP contribution in [0.4, 0.5) is 0 Å². The van der Waals surface area contributed by atoms with Crippen LogP contribution >= 0.6 is 0 Å². The summed E-state index contributed by atoms with van der Waals surface area (Å²) in [6.07, 6.45) is 0.708. The lowest BCUT2D eigenvalue weighted by Crippen LogP contribution is -2.34. The van der Waals surface area contributed by atoms with E-state index in [2.05, 4.69) is 4.72 Å². The summed E-state index contributed by atoms with van der Waals surface area (Å²) in [5.74, 6) is -0.232. The molecule has 0 aromatic heterocycles. The van der Waals surface area contributed by atoms with E-state index in [1.807, 2.05) is 19.0 Å². The van der Waals surface area contributed by atoms with E-state index in [0.717, 1.165) is 6.54 Å². The Morgan fingerprint density at radius 1 is 1.33 bits per heavy atom. The van der Waals surface area contributed by atoms with Crippen LogP contribution < -0.4 is 4.72 Å². The summed E-state index contributed by atoms with van der Waals surface area (Å²) < 4.78 is 26.6. The number of hydrogen-bond donors (Lipinski definition) is 2. The number of rotatable bonds is 6. The molecule has 0 fully saturated rings. The summed E-state index contributed by atoms with van der Waals surface area (Å²) >= 11 is 0. The molecule has 1 aromatic rings. The number of aromatic hydroxyl groups is 1. The predicted octanol–water partition coefficient (Wildman–Crippen LogP) is 1.01. The van der Waals surface area contributed by atoms with E-state index in [4.69, 9.17) is 0 Å². The van der Waals surface area contributed by atoms with Gasteiger partial charge in [-0.2, -0.15) is 0 Å². The van der Waals surface area contributed by atoms with Crippen molar-refractivity contribution in [1.82, 2.24) is 9.62 Å². The molecule has 0 aliphatic heterocycles. The van der Waals surface area contributed by atoms with E-state index in [9.17, 15) is 13.5 Å². The number of sulfonamides is 1. The summed E-state index contributed by atoms with van der Waals surface area (Å²) in [5, 5.41) is 9.55. The molecule has 102 valence electrons. The van der Waals surface area contributed by atoms with Gasteiger partial charge >= 0.3 is 0 Å². The van der Waals surface area contributed by atoms with Crippen LogP contribution in [-0.2, 0) is 10.0 Å². The molecule has 1 aromatic carbocycles. The zero-order valence-electron chi connectivity index (χ0n) is 10.9. The van der Waals surface area contributed by atoms with E-state index < -0.39 is 10.0 Å². The van der Waals surface area contributed by atoms with Gasteiger partial charge in [0.25, 0.3) is 0 Å². The Morgan fingerprint density at radius 3 is 2.50 bits per heavy atom. The van der Waals surface area contributed by atoms with Crippen LogP contribution in [0.25, 0.3) is 0 Å². The average molecular weight is 272 g/mol. The number of nitrogens with one attached hydrogen (secondary N) is 1. The van der Waals surface area contributed by atoms with Gasteiger partial charge in [-0.3, -0.25) is 0 Å². The Hall–Kier alpha value is -1.11. The SMILES string of the molecule is CC(CCN(C)C)NS(=O)(=O)c1ccccc1O. The van der Waals surface area contributed by atoms with Crippen LogP contribution in [0, 0.1) is 0 Å². The van der Waals surface area contributed by atoms with Gasteiger partial charge in [0.1, 0.15) is 10.6 Å². The maximum Gasteiger partial charge on any atom is 0.244 e. The molecule has 0 radical (unpaired) electrons. The molecule has 0 aliphatic rings. The van der Waals surface area contributed by atoms with E-state index >= 15 is 0 Å². The molecule has 0 saturated carbocycles. The first-order valence-electron chi connectivity index (χ1n) is 5.78. The summed E-state index contributed by atoms with van der Waals surface area (Å²) in [6.45, 7) is 2.60. The third-order valence-corrected chi connectivity index (χ3v) is 4.16. The highest BCUT2D eigenvalue weighted by atomic mass is 32.2. The minimum atomic E-state index is -3.66. The van der Waals surface area contributed by atoms with Crippen molar-refractivity contribution in [3.63, 3.8) is 0 Å². The first-order valence-corrected chi connectivity index (χ1v) is 7.26. The van der Waals surface area contributed by atoms with E-state index in [0.29, 0.717) is 6.42 Å². The summed E-state index contributed by atoms with van der Waals surface area (Å²) in [5.41, 5.74) is 0. The molecule has 1 rings (SSSR count). The van der Waals surface area contributed by atoms with Crippen LogP contribution in [0.2, 0.25) is 0 Å². The Morgan fingerprint density at radius 2 is 1.94 bits per heavy atom. The van der Waals surface area contributed by atoms with Crippen molar-refractivity contribution in [2.45, 2.75) is 24.3 Å². The number of benzene rings is 1. The molecule has 0 bridgehead atoms. The van der Waals surface area contributed by atoms with Gasteiger partial charge in [0.2, 0.25) is 10.0 Å². The molecule has 1 atom stereocenters. The summed E-state index contributed by atoms with van der Waals surface area (Å²) in [7, 11) is 0.213. The van der Waals surface area contributed by atoms with Gasteiger partial charge in [0, 0.05) is 6.04 Å². The first-order chi connectivity index (χ1) is 8.33. The summed E-state index contributed by atoms with van der Waals surface area (Å²) in [4.78, 5) is 1.91. The fraction of sp³-hybridized carbons (Fsp3) is 0.500. The van der Waals surface area contributed by atoms with Crippen LogP contribution in [0.5, 0.6) is 5.75 Å². The van der Waals surface area contributed by atoms with Crippen LogP contribution in [0.3, 0.4) is 0 Å². The van der Waals surface area contributed by atoms with Crippen molar-refractivity contribution in [2.24, 2.45) is 0 Å². The molecule has 6 heteroatoms. The molecule has 0 spiro atoms. The maximum atomic E-state index is 12.0. The molecule has 0 amide bonds. The molecule has 5 nitrogen and oxygen atoms in total. The smallest absolute Gasteiger partial charge is 0.244 e. The largest absolute Gasteiger partial charge is 0.507 e. The maximum absolute atomic E-state index is 12.0. The zero-order valence-corrected chi connectivity index (χ0v) is 11.7. The normalized spacial score (nSPS) is 13.8. The van der Waals surface area contributed by atoms with Crippen LogP contribution in [0.15, 0.2) is 29.2 Å². The molecule has 18 heavy (non-hydrogen) atoms. The van der Waals surface area contributed by atoms with E-state index in [1.165, 1.54) is 12.1 Å². The van der Waals surface area contributed by atoms with Gasteiger partial charge < -0.3 is 10.0 Å². The van der Waals surface area contributed by atoms with Gasteiger partial charge in [-0.25, -0.2) is 13.1 Å². The highest BCUT2D eigenvalue weighted by Gasteiger charge is 2.20. The lowest BCUT2D eigenvalue weighted by Gasteiger charge is -2.17. The minimum Gasteiger partial charge on any atom is -0.507 e. The molecule has 0 aliphatic carbocycles. The first kappa shape index (κ1) is 14.9. The summed E-state index contributed by atoms with van der Waals surface area (Å²) in [6, 6.07) is 5.73. The van der Waals surface area contributed by atoms with Crippen LogP contribution in [-0.4, -0.2) is 45.1 Å². The lowest BCUT2D eigenvalue weighted by atomic mass is 10.2. The van der Waals surface area contributed by atoms with Crippen molar-refractivity contribution in [3.05, 3.63) is 24.3 Å². The Kier molecular flexibility index (Phi) is 5.13. The van der Waals surface area contributed by atoms with Crippen molar-refractivity contribution in [1.29, 1.82) is 0 Å². The van der Waals surface area contributed by atoms with Crippen molar-refractivity contribution in [2.75, 3.05) is 20.6 Å². The monoisotopic (exact) mass is 272 g/mol. The van der Waals surface area contributed by atoms with Crippen molar-refractivity contribution >= 4 is 10.0 Å². The molecule has 0 saturated heterocycles. The molecule has 0 heterocycles. The molecule has 1 unspecified atom stereocenters. The second-order valence-electron chi connectivity index (χ2n) is 4.58. The van der Waals surface area contributed by atoms with E-state index in [1.54, 1.807) is 19.1 Å². The van der Waals surface area contributed by atoms with Gasteiger partial charge in [0.15, 0.2) is 0 Å². The zero-order chi connectivity index (χ0) is 13.8. The van der Waals surface area contributed by atoms with Crippen molar-refractivity contribution in [3.8, 4) is 5.75 Å². The van der Waals surface area contributed by atoms with Crippen molar-refractivity contribution < 1.29 is 13.5 Å². The second-order valence-corrected chi connectivity index (χ2v) is 6.26. The number of hydrogen-bond acceptors (Lipinski definition) is 4. The van der Waals surface area contributed by atoms with E-state index in [-0.39, 0.29) is 16.7 Å². The number of nitrogens with zero attached hydrogens (tertiary/aromatic N) is 1. The average Bonchev–Trinajstić information content (AvgIpc) is 2.26. The third kappa shape index (κ3) is 4.29. The third-order valence-electron chi connectivity index (χ3n) is 2.52. The highest BCUT2D eigenvalue weighted by molar-refractivity contribution is 7.89. The minimum absolute atomic E-state index is 0.0818. The number of phenols is 1. The quantitative estimate of drug-likeness (QED) is 0.811. The number of para-hydroxylation sites is 1. The van der Waals surface area contributed by atoms with Gasteiger partial charge in [0.05, 0.1) is 0 Å². The standard InChI is InChI=1S/C12H20N2O3S/c1-10(8-9-14(2)3)13-18(16,17)12-7-5-4-6-11(12)15/h4-7,10,13,15H,8-9H2,1-3H3. The van der Waals surface area contributed by atoms with Gasteiger partial charge in [-0.1, -0.05) is 12.1 Å². The molecular weight excluding hydrogens is 252 g/mol. The van der Waals surface area contributed by atoms with Gasteiger partial charge in [-0.15, -0.1) is 0 Å². The van der Waals surface area contributed by atoms with Crippen LogP contribution in [0.1, 0.15) is 13.3 Å². The lowest BCUT2D eigenvalue weighted by molar-refractivity contribution is 0.378. The highest BCUT2D eigenvalue weighted by Crippen LogP contribution is 2.21.